The number of hydrogen-bond donors (Lipinski definition) is 1. The lowest BCUT2D eigenvalue weighted by atomic mass is 9.92. The molecule has 0 aliphatic carbocycles. The van der Waals surface area contributed by atoms with Crippen molar-refractivity contribution in [2.45, 2.75) is 33.6 Å². The van der Waals surface area contributed by atoms with Gasteiger partial charge in [0.15, 0.2) is 0 Å². The Labute approximate surface area is 89.1 Å². The summed E-state index contributed by atoms with van der Waals surface area (Å²) in [6.07, 6.45) is 2.72. The van der Waals surface area contributed by atoms with Crippen LogP contribution in [0.1, 0.15) is 33.6 Å². The molecule has 1 aliphatic rings. The van der Waals surface area contributed by atoms with Crippen LogP contribution in [0, 0.1) is 11.8 Å². The molecule has 0 bridgehead atoms. The average molecular weight is 198 g/mol. The van der Waals surface area contributed by atoms with Crippen LogP contribution in [0.2, 0.25) is 0 Å². The van der Waals surface area contributed by atoms with E-state index in [2.05, 4.69) is 31.0 Å². The second-order valence-corrected chi connectivity index (χ2v) is 4.91. The van der Waals surface area contributed by atoms with Crippen LogP contribution in [0.4, 0.5) is 0 Å². The first-order valence-corrected chi connectivity index (χ1v) is 6.15. The van der Waals surface area contributed by atoms with Gasteiger partial charge in [-0.15, -0.1) is 0 Å². The molecular formula is C12H26N2. The average Bonchev–Trinajstić information content (AvgIpc) is 2.11. The molecule has 0 aromatic heterocycles. The summed E-state index contributed by atoms with van der Waals surface area (Å²) in [7, 11) is 0. The van der Waals surface area contributed by atoms with Gasteiger partial charge in [-0.05, 0) is 44.3 Å². The summed E-state index contributed by atoms with van der Waals surface area (Å²) in [6.45, 7) is 13.1. The predicted octanol–water partition coefficient (Wildman–Crippen LogP) is 1.96. The van der Waals surface area contributed by atoms with Gasteiger partial charge in [-0.25, -0.2) is 0 Å². The highest BCUT2D eigenvalue weighted by molar-refractivity contribution is 4.74. The van der Waals surface area contributed by atoms with E-state index in [1.165, 1.54) is 39.0 Å². The van der Waals surface area contributed by atoms with Crippen LogP contribution in [-0.2, 0) is 0 Å². The number of likely N-dealkylation sites (tertiary alicyclic amines) is 1. The Morgan fingerprint density at radius 3 is 2.43 bits per heavy atom. The number of nitrogens with one attached hydrogen (secondary N) is 1. The van der Waals surface area contributed by atoms with E-state index >= 15 is 0 Å². The van der Waals surface area contributed by atoms with Gasteiger partial charge in [0.05, 0.1) is 0 Å². The highest BCUT2D eigenvalue weighted by Crippen LogP contribution is 2.20. The molecule has 14 heavy (non-hydrogen) atoms. The summed E-state index contributed by atoms with van der Waals surface area (Å²) in [6, 6.07) is 0. The third kappa shape index (κ3) is 4.43. The van der Waals surface area contributed by atoms with E-state index in [0.717, 1.165) is 18.4 Å². The van der Waals surface area contributed by atoms with E-state index in [4.69, 9.17) is 0 Å². The molecule has 0 unspecified atom stereocenters. The zero-order valence-electron chi connectivity index (χ0n) is 10.1. The minimum absolute atomic E-state index is 0.901. The van der Waals surface area contributed by atoms with Crippen molar-refractivity contribution in [2.75, 3.05) is 32.7 Å². The fourth-order valence-electron chi connectivity index (χ4n) is 2.58. The zero-order chi connectivity index (χ0) is 10.4. The molecule has 1 aliphatic heterocycles. The largest absolute Gasteiger partial charge is 0.317 e. The number of hydrogen-bond acceptors (Lipinski definition) is 2. The smallest absolute Gasteiger partial charge is 0.000725 e. The Morgan fingerprint density at radius 2 is 1.86 bits per heavy atom. The molecule has 1 saturated heterocycles. The minimum Gasteiger partial charge on any atom is -0.317 e. The summed E-state index contributed by atoms with van der Waals surface area (Å²) >= 11 is 0. The van der Waals surface area contributed by atoms with Crippen molar-refractivity contribution in [1.29, 1.82) is 0 Å². The Hall–Kier alpha value is -0.0800. The first-order valence-electron chi connectivity index (χ1n) is 6.15. The highest BCUT2D eigenvalue weighted by Gasteiger charge is 2.20. The second-order valence-electron chi connectivity index (χ2n) is 4.91. The topological polar surface area (TPSA) is 15.3 Å². The first-order chi connectivity index (χ1) is 6.72. The maximum absolute atomic E-state index is 3.38. The Balaban J connectivity index is 2.10. The molecule has 2 heteroatoms. The first kappa shape index (κ1) is 12.0. The van der Waals surface area contributed by atoms with Crippen LogP contribution in [-0.4, -0.2) is 37.6 Å². The van der Waals surface area contributed by atoms with E-state index in [0.29, 0.717) is 0 Å². The summed E-state index contributed by atoms with van der Waals surface area (Å²) < 4.78 is 0. The fraction of sp³-hybridized carbons (Fsp3) is 1.00. The lowest BCUT2D eigenvalue weighted by Gasteiger charge is -2.34. The summed E-state index contributed by atoms with van der Waals surface area (Å²) in [5.74, 6) is 1.80. The molecule has 1 N–H and O–H groups in total. The van der Waals surface area contributed by atoms with Gasteiger partial charge in [0, 0.05) is 13.1 Å². The van der Waals surface area contributed by atoms with Crippen LogP contribution in [0.25, 0.3) is 0 Å². The molecule has 0 aromatic rings. The Kier molecular flexibility index (Phi) is 5.49. The van der Waals surface area contributed by atoms with Crippen LogP contribution < -0.4 is 5.32 Å². The third-order valence-corrected chi connectivity index (χ3v) is 3.02. The lowest BCUT2D eigenvalue weighted by Crippen LogP contribution is -2.39. The summed E-state index contributed by atoms with van der Waals surface area (Å²) in [4.78, 5) is 2.64. The molecule has 1 fully saturated rings. The normalized spacial score (nSPS) is 29.4. The van der Waals surface area contributed by atoms with Gasteiger partial charge >= 0.3 is 0 Å². The van der Waals surface area contributed by atoms with Gasteiger partial charge in [-0.3, -0.25) is 0 Å². The van der Waals surface area contributed by atoms with Crippen molar-refractivity contribution in [3.05, 3.63) is 0 Å². The minimum atomic E-state index is 0.901. The van der Waals surface area contributed by atoms with Crippen LogP contribution in [0.5, 0.6) is 0 Å². The van der Waals surface area contributed by atoms with E-state index < -0.39 is 0 Å². The SMILES string of the molecule is CCNCCCN1C[C@H](C)C[C@H](C)C1. The molecule has 0 aromatic carbocycles. The predicted molar refractivity (Wildman–Crippen MR) is 62.5 cm³/mol. The zero-order valence-corrected chi connectivity index (χ0v) is 10.1. The van der Waals surface area contributed by atoms with Crippen LogP contribution in [0.15, 0.2) is 0 Å². The van der Waals surface area contributed by atoms with Crippen molar-refractivity contribution in [3.8, 4) is 0 Å². The molecule has 0 amide bonds. The van der Waals surface area contributed by atoms with Crippen LogP contribution in [0.3, 0.4) is 0 Å². The van der Waals surface area contributed by atoms with Gasteiger partial charge in [-0.1, -0.05) is 20.8 Å². The number of piperidine rings is 1. The standard InChI is InChI=1S/C12H26N2/c1-4-13-6-5-7-14-9-11(2)8-12(3)10-14/h11-13H,4-10H2,1-3H3/t11-,12+. The summed E-state index contributed by atoms with van der Waals surface area (Å²) in [5, 5.41) is 3.38. The number of rotatable bonds is 5. The van der Waals surface area contributed by atoms with Crippen molar-refractivity contribution < 1.29 is 0 Å². The van der Waals surface area contributed by atoms with Gasteiger partial charge < -0.3 is 10.2 Å². The molecule has 1 rings (SSSR count). The van der Waals surface area contributed by atoms with Crippen molar-refractivity contribution in [2.24, 2.45) is 11.8 Å². The van der Waals surface area contributed by atoms with E-state index in [9.17, 15) is 0 Å². The van der Waals surface area contributed by atoms with Crippen molar-refractivity contribution in [1.82, 2.24) is 10.2 Å². The van der Waals surface area contributed by atoms with Crippen molar-refractivity contribution in [3.63, 3.8) is 0 Å². The third-order valence-electron chi connectivity index (χ3n) is 3.02. The molecule has 2 atom stereocenters. The van der Waals surface area contributed by atoms with Gasteiger partial charge in [0.2, 0.25) is 0 Å². The lowest BCUT2D eigenvalue weighted by molar-refractivity contribution is 0.139. The molecule has 0 spiro atoms. The number of nitrogens with zero attached hydrogens (tertiary/aromatic N) is 1. The maximum Gasteiger partial charge on any atom is 0.000725 e. The van der Waals surface area contributed by atoms with Gasteiger partial charge in [0.25, 0.3) is 0 Å². The van der Waals surface area contributed by atoms with Crippen LogP contribution >= 0.6 is 0 Å². The second kappa shape index (κ2) is 6.41. The monoisotopic (exact) mass is 198 g/mol. The molecular weight excluding hydrogens is 172 g/mol. The van der Waals surface area contributed by atoms with E-state index in [1.54, 1.807) is 0 Å². The summed E-state index contributed by atoms with van der Waals surface area (Å²) in [5.41, 5.74) is 0. The van der Waals surface area contributed by atoms with E-state index in [1.807, 2.05) is 0 Å². The van der Waals surface area contributed by atoms with Gasteiger partial charge in [0.1, 0.15) is 0 Å². The fourth-order valence-corrected chi connectivity index (χ4v) is 2.58. The molecule has 1 heterocycles. The Morgan fingerprint density at radius 1 is 1.21 bits per heavy atom. The Bertz CT molecular complexity index is 137. The molecule has 2 nitrogen and oxygen atoms in total. The van der Waals surface area contributed by atoms with Gasteiger partial charge in [-0.2, -0.15) is 0 Å². The maximum atomic E-state index is 3.38. The quantitative estimate of drug-likeness (QED) is 0.679. The molecule has 0 radical (unpaired) electrons. The van der Waals surface area contributed by atoms with E-state index in [-0.39, 0.29) is 0 Å². The van der Waals surface area contributed by atoms with Crippen molar-refractivity contribution >= 4 is 0 Å². The highest BCUT2D eigenvalue weighted by atomic mass is 15.1. The molecule has 0 saturated carbocycles. The molecule has 84 valence electrons.